The van der Waals surface area contributed by atoms with E-state index in [0.29, 0.717) is 5.02 Å². The first-order valence-corrected chi connectivity index (χ1v) is 6.71. The van der Waals surface area contributed by atoms with Gasteiger partial charge in [-0.3, -0.25) is 0 Å². The predicted molar refractivity (Wildman–Crippen MR) is 80.0 cm³/mol. The molecule has 0 aliphatic carbocycles. The van der Waals surface area contributed by atoms with Gasteiger partial charge >= 0.3 is 0 Å². The van der Waals surface area contributed by atoms with E-state index in [9.17, 15) is 4.39 Å². The highest BCUT2D eigenvalue weighted by atomic mass is 35.5. The van der Waals surface area contributed by atoms with Gasteiger partial charge in [0, 0.05) is 10.6 Å². The van der Waals surface area contributed by atoms with Crippen LogP contribution < -0.4 is 10.1 Å². The van der Waals surface area contributed by atoms with Crippen LogP contribution in [-0.2, 0) is 0 Å². The van der Waals surface area contributed by atoms with E-state index in [1.807, 2.05) is 32.2 Å². The van der Waals surface area contributed by atoms with Crippen LogP contribution in [0.1, 0.15) is 22.7 Å². The third-order valence-corrected chi connectivity index (χ3v) is 3.59. The molecule has 20 heavy (non-hydrogen) atoms. The summed E-state index contributed by atoms with van der Waals surface area (Å²) in [6.07, 6.45) is 0. The summed E-state index contributed by atoms with van der Waals surface area (Å²) in [6.45, 7) is 2.02. The summed E-state index contributed by atoms with van der Waals surface area (Å²) in [4.78, 5) is 0. The van der Waals surface area contributed by atoms with Crippen molar-refractivity contribution in [3.63, 3.8) is 0 Å². The Morgan fingerprint density at radius 2 is 1.90 bits per heavy atom. The first-order valence-electron chi connectivity index (χ1n) is 6.33. The normalized spacial score (nSPS) is 12.2. The first kappa shape index (κ1) is 14.8. The van der Waals surface area contributed by atoms with Gasteiger partial charge in [-0.05, 0) is 37.7 Å². The van der Waals surface area contributed by atoms with Crippen LogP contribution in [-0.4, -0.2) is 14.2 Å². The van der Waals surface area contributed by atoms with E-state index >= 15 is 0 Å². The second kappa shape index (κ2) is 6.25. The molecule has 0 heterocycles. The average molecular weight is 294 g/mol. The summed E-state index contributed by atoms with van der Waals surface area (Å²) in [5, 5.41) is 3.61. The van der Waals surface area contributed by atoms with Gasteiger partial charge in [0.2, 0.25) is 0 Å². The molecular weight excluding hydrogens is 277 g/mol. The maximum atomic E-state index is 13.2. The number of rotatable bonds is 4. The molecule has 0 aliphatic rings. The van der Waals surface area contributed by atoms with Gasteiger partial charge in [0.05, 0.1) is 13.2 Å². The average Bonchev–Trinajstić information content (AvgIpc) is 2.42. The molecular formula is C16H17ClFNO. The Bertz CT molecular complexity index is 615. The number of hydrogen-bond acceptors (Lipinski definition) is 2. The molecule has 2 aromatic rings. The topological polar surface area (TPSA) is 21.3 Å². The molecule has 0 saturated carbocycles. The zero-order chi connectivity index (χ0) is 14.7. The molecule has 2 aromatic carbocycles. The van der Waals surface area contributed by atoms with Gasteiger partial charge in [-0.15, -0.1) is 0 Å². The molecule has 0 saturated heterocycles. The molecule has 0 aliphatic heterocycles. The van der Waals surface area contributed by atoms with Gasteiger partial charge in [-0.2, -0.15) is 0 Å². The van der Waals surface area contributed by atoms with Crippen LogP contribution in [0.15, 0.2) is 36.4 Å². The SMILES string of the molecule is CNC(c1ccc(F)cc1Cl)c1cc(C)ccc1OC. The van der Waals surface area contributed by atoms with Crippen LogP contribution in [0.4, 0.5) is 4.39 Å². The number of hydrogen-bond donors (Lipinski definition) is 1. The molecule has 0 aromatic heterocycles. The smallest absolute Gasteiger partial charge is 0.124 e. The fraction of sp³-hybridized carbons (Fsp3) is 0.250. The van der Waals surface area contributed by atoms with E-state index in [2.05, 4.69) is 5.32 Å². The largest absolute Gasteiger partial charge is 0.496 e. The number of methoxy groups -OCH3 is 1. The molecule has 1 unspecified atom stereocenters. The van der Waals surface area contributed by atoms with Crippen molar-refractivity contribution in [3.05, 3.63) is 63.9 Å². The van der Waals surface area contributed by atoms with Gasteiger partial charge in [-0.25, -0.2) is 4.39 Å². The molecule has 0 fully saturated rings. The van der Waals surface area contributed by atoms with E-state index in [-0.39, 0.29) is 11.9 Å². The van der Waals surface area contributed by atoms with Crippen LogP contribution in [0.5, 0.6) is 5.75 Å². The highest BCUT2D eigenvalue weighted by Gasteiger charge is 2.19. The van der Waals surface area contributed by atoms with Crippen LogP contribution in [0.25, 0.3) is 0 Å². The highest BCUT2D eigenvalue weighted by molar-refractivity contribution is 6.31. The summed E-state index contributed by atoms with van der Waals surface area (Å²) in [5.74, 6) is 0.431. The van der Waals surface area contributed by atoms with Crippen LogP contribution >= 0.6 is 11.6 Å². The molecule has 0 bridgehead atoms. The summed E-state index contributed by atoms with van der Waals surface area (Å²) in [6, 6.07) is 10.2. The Labute approximate surface area is 123 Å². The Morgan fingerprint density at radius 3 is 2.50 bits per heavy atom. The summed E-state index contributed by atoms with van der Waals surface area (Å²) >= 11 is 6.17. The van der Waals surface area contributed by atoms with Gasteiger partial charge in [0.1, 0.15) is 11.6 Å². The number of halogens is 2. The molecule has 0 radical (unpaired) electrons. The minimum absolute atomic E-state index is 0.155. The van der Waals surface area contributed by atoms with Crippen molar-refractivity contribution in [2.75, 3.05) is 14.2 Å². The van der Waals surface area contributed by atoms with Crippen molar-refractivity contribution in [1.29, 1.82) is 0 Å². The maximum Gasteiger partial charge on any atom is 0.124 e. The van der Waals surface area contributed by atoms with E-state index in [0.717, 1.165) is 22.4 Å². The van der Waals surface area contributed by atoms with E-state index < -0.39 is 0 Å². The Kier molecular flexibility index (Phi) is 4.63. The van der Waals surface area contributed by atoms with Crippen molar-refractivity contribution in [2.24, 2.45) is 0 Å². The lowest BCUT2D eigenvalue weighted by atomic mass is 9.96. The van der Waals surface area contributed by atoms with E-state index in [4.69, 9.17) is 16.3 Å². The summed E-state index contributed by atoms with van der Waals surface area (Å²) < 4.78 is 18.6. The number of aryl methyl sites for hydroxylation is 1. The third kappa shape index (κ3) is 2.94. The van der Waals surface area contributed by atoms with Crippen molar-refractivity contribution < 1.29 is 9.13 Å². The van der Waals surface area contributed by atoms with Crippen LogP contribution in [0.2, 0.25) is 5.02 Å². The number of nitrogens with one attached hydrogen (secondary N) is 1. The van der Waals surface area contributed by atoms with Gasteiger partial charge in [0.15, 0.2) is 0 Å². The van der Waals surface area contributed by atoms with Crippen LogP contribution in [0.3, 0.4) is 0 Å². The summed E-state index contributed by atoms with van der Waals surface area (Å²) in [7, 11) is 3.47. The van der Waals surface area contributed by atoms with Crippen LogP contribution in [0, 0.1) is 12.7 Å². The fourth-order valence-electron chi connectivity index (χ4n) is 2.29. The third-order valence-electron chi connectivity index (χ3n) is 3.26. The van der Waals surface area contributed by atoms with E-state index in [1.54, 1.807) is 13.2 Å². The lowest BCUT2D eigenvalue weighted by molar-refractivity contribution is 0.405. The lowest BCUT2D eigenvalue weighted by Gasteiger charge is -2.21. The predicted octanol–water partition coefficient (Wildman–Crippen LogP) is 4.10. The minimum Gasteiger partial charge on any atom is -0.496 e. The van der Waals surface area contributed by atoms with Crippen molar-refractivity contribution in [2.45, 2.75) is 13.0 Å². The molecule has 1 N–H and O–H groups in total. The van der Waals surface area contributed by atoms with Crippen molar-refractivity contribution in [1.82, 2.24) is 5.32 Å². The highest BCUT2D eigenvalue weighted by Crippen LogP contribution is 2.34. The molecule has 4 heteroatoms. The molecule has 0 amide bonds. The zero-order valence-electron chi connectivity index (χ0n) is 11.7. The standard InChI is InChI=1S/C16H17ClFNO/c1-10-4-7-15(20-3)13(8-10)16(19-2)12-6-5-11(18)9-14(12)17/h4-9,16,19H,1-3H3. The van der Waals surface area contributed by atoms with Crippen molar-refractivity contribution >= 4 is 11.6 Å². The molecule has 106 valence electrons. The van der Waals surface area contributed by atoms with E-state index in [1.165, 1.54) is 12.1 Å². The number of ether oxygens (including phenoxy) is 1. The molecule has 2 nitrogen and oxygen atoms in total. The minimum atomic E-state index is -0.343. The molecule has 2 rings (SSSR count). The summed E-state index contributed by atoms with van der Waals surface area (Å²) in [5.41, 5.74) is 2.92. The monoisotopic (exact) mass is 293 g/mol. The second-order valence-corrected chi connectivity index (χ2v) is 5.04. The van der Waals surface area contributed by atoms with Gasteiger partial charge in [-0.1, -0.05) is 35.4 Å². The molecule has 0 spiro atoms. The Balaban J connectivity index is 2.54. The fourth-order valence-corrected chi connectivity index (χ4v) is 2.57. The first-order chi connectivity index (χ1) is 9.56. The molecule has 1 atom stereocenters. The van der Waals surface area contributed by atoms with Gasteiger partial charge < -0.3 is 10.1 Å². The Hall–Kier alpha value is -1.58. The van der Waals surface area contributed by atoms with Crippen molar-refractivity contribution in [3.8, 4) is 5.75 Å². The second-order valence-electron chi connectivity index (χ2n) is 4.63. The Morgan fingerprint density at radius 1 is 1.15 bits per heavy atom. The maximum absolute atomic E-state index is 13.2. The quantitative estimate of drug-likeness (QED) is 0.916. The van der Waals surface area contributed by atoms with Gasteiger partial charge in [0.25, 0.3) is 0 Å². The zero-order valence-corrected chi connectivity index (χ0v) is 12.5. The number of benzene rings is 2. The lowest BCUT2D eigenvalue weighted by Crippen LogP contribution is -2.19.